The molecule has 0 aliphatic carbocycles. The zero-order chi connectivity index (χ0) is 23.3. The predicted molar refractivity (Wildman–Crippen MR) is 130 cm³/mol. The van der Waals surface area contributed by atoms with Crippen molar-refractivity contribution >= 4 is 11.0 Å². The second-order valence-corrected chi connectivity index (χ2v) is 9.36. The van der Waals surface area contributed by atoms with Crippen molar-refractivity contribution in [1.29, 1.82) is 0 Å². The highest BCUT2D eigenvalue weighted by Crippen LogP contribution is 2.37. The first kappa shape index (κ1) is 20.7. The molecule has 0 amide bonds. The summed E-state index contributed by atoms with van der Waals surface area (Å²) in [7, 11) is 0. The number of H-pyrrole nitrogens is 1. The Morgan fingerprint density at radius 2 is 1.79 bits per heavy atom. The van der Waals surface area contributed by atoms with Gasteiger partial charge in [-0.2, -0.15) is 5.10 Å². The van der Waals surface area contributed by atoms with Crippen molar-refractivity contribution in [2.75, 3.05) is 0 Å². The van der Waals surface area contributed by atoms with Crippen molar-refractivity contribution in [2.45, 2.75) is 38.5 Å². The molecule has 5 aromatic rings. The Morgan fingerprint density at radius 3 is 2.53 bits per heavy atom. The van der Waals surface area contributed by atoms with E-state index in [-0.39, 0.29) is 17.5 Å². The minimum Gasteiger partial charge on any atom is -0.370 e. The lowest BCUT2D eigenvalue weighted by Crippen LogP contribution is -2.47. The van der Waals surface area contributed by atoms with Gasteiger partial charge in [0.2, 0.25) is 0 Å². The van der Waals surface area contributed by atoms with Crippen LogP contribution in [0.2, 0.25) is 0 Å². The highest BCUT2D eigenvalue weighted by atomic mass is 19.1. The van der Waals surface area contributed by atoms with Gasteiger partial charge in [-0.25, -0.2) is 14.4 Å². The van der Waals surface area contributed by atoms with Gasteiger partial charge < -0.3 is 9.72 Å². The van der Waals surface area contributed by atoms with Gasteiger partial charge in [-0.1, -0.05) is 30.3 Å². The summed E-state index contributed by atoms with van der Waals surface area (Å²) in [6.07, 6.45) is 4.66. The molecule has 1 unspecified atom stereocenters. The number of fused-ring (bicyclic) bond motifs is 1. The van der Waals surface area contributed by atoms with Crippen molar-refractivity contribution in [3.63, 3.8) is 0 Å². The summed E-state index contributed by atoms with van der Waals surface area (Å²) in [6.45, 7) is 4.83. The molecule has 0 saturated carbocycles. The van der Waals surface area contributed by atoms with E-state index >= 15 is 0 Å². The molecular weight excluding hydrogens is 429 g/mol. The number of hydrogen-bond donors (Lipinski definition) is 1. The molecule has 1 aliphatic rings. The summed E-state index contributed by atoms with van der Waals surface area (Å²) >= 11 is 0. The average molecular weight is 454 g/mol. The van der Waals surface area contributed by atoms with E-state index in [9.17, 15) is 4.39 Å². The van der Waals surface area contributed by atoms with Gasteiger partial charge in [-0.15, -0.1) is 0 Å². The fourth-order valence-electron chi connectivity index (χ4n) is 4.74. The minimum atomic E-state index is -0.280. The highest BCUT2D eigenvalue weighted by molar-refractivity contribution is 5.97. The molecule has 0 radical (unpaired) electrons. The zero-order valence-electron chi connectivity index (χ0n) is 19.0. The summed E-state index contributed by atoms with van der Waals surface area (Å²) < 4.78 is 21.5. The highest BCUT2D eigenvalue weighted by Gasteiger charge is 2.37. The minimum absolute atomic E-state index is 0.0851. The van der Waals surface area contributed by atoms with Crippen molar-refractivity contribution in [1.82, 2.24) is 24.7 Å². The molecule has 1 atom stereocenters. The van der Waals surface area contributed by atoms with Crippen LogP contribution < -0.4 is 0 Å². The number of nitrogens with one attached hydrogen (secondary N) is 1. The third-order valence-electron chi connectivity index (χ3n) is 6.24. The Labute approximate surface area is 196 Å². The van der Waals surface area contributed by atoms with E-state index in [2.05, 4.69) is 47.0 Å². The topological polar surface area (TPSA) is 68.6 Å². The maximum absolute atomic E-state index is 13.6. The van der Waals surface area contributed by atoms with E-state index in [0.717, 1.165) is 51.2 Å². The Bertz CT molecular complexity index is 1460. The largest absolute Gasteiger partial charge is 0.370 e. The molecule has 3 aromatic heterocycles. The second kappa shape index (κ2) is 7.88. The first-order valence-corrected chi connectivity index (χ1v) is 11.4. The smallest absolute Gasteiger partial charge is 0.141 e. The maximum atomic E-state index is 13.6. The maximum Gasteiger partial charge on any atom is 0.141 e. The van der Waals surface area contributed by atoms with Crippen molar-refractivity contribution in [3.05, 3.63) is 79.0 Å². The van der Waals surface area contributed by atoms with Crippen LogP contribution in [0.25, 0.3) is 44.8 Å². The molecule has 1 N–H and O–H groups in total. The Balaban J connectivity index is 1.46. The lowest BCUT2D eigenvalue weighted by Gasteiger charge is -2.42. The number of halogens is 1. The quantitative estimate of drug-likeness (QED) is 0.362. The first-order valence-electron chi connectivity index (χ1n) is 11.4. The zero-order valence-corrected chi connectivity index (χ0v) is 19.0. The Kier molecular flexibility index (Phi) is 4.81. The molecule has 4 heterocycles. The molecule has 6 rings (SSSR count). The standard InChI is InChI=1S/C27H24FN5O/c1-27(2)13-20(34-27)14-33-15-22(24(32-33)18-8-10-19(28)11-9-18)25-21-12-23(17-6-4-3-5-7-17)31-26(21)30-16-29-25/h3-12,15-16,20H,13-14H2,1-2H3,(H,29,30,31). The van der Waals surface area contributed by atoms with Crippen LogP contribution in [0.3, 0.4) is 0 Å². The van der Waals surface area contributed by atoms with Crippen LogP contribution >= 0.6 is 0 Å². The van der Waals surface area contributed by atoms with Gasteiger partial charge in [0.1, 0.15) is 23.5 Å². The first-order chi connectivity index (χ1) is 16.4. The number of nitrogens with zero attached hydrogens (tertiary/aromatic N) is 4. The fourth-order valence-corrected chi connectivity index (χ4v) is 4.74. The lowest BCUT2D eigenvalue weighted by molar-refractivity contribution is -0.189. The van der Waals surface area contributed by atoms with E-state index in [1.54, 1.807) is 18.5 Å². The van der Waals surface area contributed by atoms with E-state index in [1.165, 1.54) is 12.1 Å². The molecular formula is C27H24FN5O. The van der Waals surface area contributed by atoms with E-state index in [0.29, 0.717) is 6.54 Å². The van der Waals surface area contributed by atoms with Crippen LogP contribution in [0.15, 0.2) is 73.2 Å². The van der Waals surface area contributed by atoms with Crippen LogP contribution in [-0.2, 0) is 11.3 Å². The van der Waals surface area contributed by atoms with Crippen LogP contribution in [-0.4, -0.2) is 36.4 Å². The molecule has 0 spiro atoms. The van der Waals surface area contributed by atoms with E-state index in [4.69, 9.17) is 9.84 Å². The molecule has 1 fully saturated rings. The summed E-state index contributed by atoms with van der Waals surface area (Å²) in [6, 6.07) is 18.6. The van der Waals surface area contributed by atoms with Crippen LogP contribution in [0, 0.1) is 5.82 Å². The molecule has 34 heavy (non-hydrogen) atoms. The molecule has 2 aromatic carbocycles. The number of aromatic amines is 1. The van der Waals surface area contributed by atoms with E-state index < -0.39 is 0 Å². The van der Waals surface area contributed by atoms with Crippen molar-refractivity contribution < 1.29 is 9.13 Å². The number of ether oxygens (including phenoxy) is 1. The molecule has 170 valence electrons. The summed E-state index contributed by atoms with van der Waals surface area (Å²) in [4.78, 5) is 12.5. The van der Waals surface area contributed by atoms with Crippen LogP contribution in [0.4, 0.5) is 4.39 Å². The van der Waals surface area contributed by atoms with Gasteiger partial charge in [0.25, 0.3) is 0 Å². The van der Waals surface area contributed by atoms with Gasteiger partial charge in [0.05, 0.1) is 23.9 Å². The Morgan fingerprint density at radius 1 is 1.03 bits per heavy atom. The summed E-state index contributed by atoms with van der Waals surface area (Å²) in [5, 5.41) is 5.78. The SMILES string of the molecule is CC1(C)CC(Cn2cc(-c3ncnc4[nH]c(-c5ccccc5)cc34)c(-c3ccc(F)cc3)n2)O1. The molecule has 6 nitrogen and oxygen atoms in total. The van der Waals surface area contributed by atoms with Crippen LogP contribution in [0.5, 0.6) is 0 Å². The number of aromatic nitrogens is 5. The van der Waals surface area contributed by atoms with Crippen molar-refractivity contribution in [3.8, 4) is 33.8 Å². The normalized spacial score (nSPS) is 17.1. The number of rotatable bonds is 5. The monoisotopic (exact) mass is 453 g/mol. The number of hydrogen-bond acceptors (Lipinski definition) is 4. The van der Waals surface area contributed by atoms with Crippen LogP contribution in [0.1, 0.15) is 20.3 Å². The predicted octanol–water partition coefficient (Wildman–Crippen LogP) is 5.86. The van der Waals surface area contributed by atoms with Crippen molar-refractivity contribution in [2.24, 2.45) is 0 Å². The number of benzene rings is 2. The lowest BCUT2D eigenvalue weighted by atomic mass is 9.93. The van der Waals surface area contributed by atoms with Gasteiger partial charge in [0.15, 0.2) is 0 Å². The van der Waals surface area contributed by atoms with Gasteiger partial charge in [-0.3, -0.25) is 4.68 Å². The third-order valence-corrected chi connectivity index (χ3v) is 6.24. The molecule has 0 bridgehead atoms. The third kappa shape index (κ3) is 3.78. The molecule has 7 heteroatoms. The summed E-state index contributed by atoms with van der Waals surface area (Å²) in [5.74, 6) is -0.280. The van der Waals surface area contributed by atoms with Gasteiger partial charge >= 0.3 is 0 Å². The average Bonchev–Trinajstić information content (AvgIpc) is 3.43. The second-order valence-electron chi connectivity index (χ2n) is 9.36. The van der Waals surface area contributed by atoms with Gasteiger partial charge in [-0.05, 0) is 49.7 Å². The fraction of sp³-hybridized carbons (Fsp3) is 0.222. The van der Waals surface area contributed by atoms with E-state index in [1.807, 2.05) is 29.1 Å². The van der Waals surface area contributed by atoms with Gasteiger partial charge in [0, 0.05) is 34.8 Å². The molecule has 1 aliphatic heterocycles. The Hall–Kier alpha value is -3.84. The summed E-state index contributed by atoms with van der Waals surface area (Å²) in [5.41, 5.74) is 5.95. The molecule has 1 saturated heterocycles.